The van der Waals surface area contributed by atoms with E-state index in [1.54, 1.807) is 32.9 Å². The van der Waals surface area contributed by atoms with Crippen LogP contribution in [0.1, 0.15) is 31.1 Å². The highest BCUT2D eigenvalue weighted by molar-refractivity contribution is 7.09. The zero-order valence-corrected chi connectivity index (χ0v) is 16.3. The molecule has 0 aromatic heterocycles. The predicted molar refractivity (Wildman–Crippen MR) is 105 cm³/mol. The van der Waals surface area contributed by atoms with Gasteiger partial charge in [0.2, 0.25) is 0 Å². The average molecular weight is 373 g/mol. The van der Waals surface area contributed by atoms with E-state index in [1.807, 2.05) is 42.5 Å². The van der Waals surface area contributed by atoms with Gasteiger partial charge in [0, 0.05) is 15.0 Å². The fourth-order valence-electron chi connectivity index (χ4n) is 2.39. The maximum absolute atomic E-state index is 12.7. The van der Waals surface area contributed by atoms with Crippen molar-refractivity contribution >= 4 is 21.3 Å². The molecular weight excluding hydrogens is 349 g/mol. The number of amides is 1. The Morgan fingerprint density at radius 1 is 1.00 bits per heavy atom. The van der Waals surface area contributed by atoms with Crippen LogP contribution in [-0.4, -0.2) is 30.1 Å². The molecule has 26 heavy (non-hydrogen) atoms. The van der Waals surface area contributed by atoms with E-state index in [0.29, 0.717) is 5.56 Å². The van der Waals surface area contributed by atoms with Gasteiger partial charge in [-0.3, -0.25) is 4.79 Å². The molecule has 2 atom stereocenters. The van der Waals surface area contributed by atoms with Crippen LogP contribution < -0.4 is 5.32 Å². The van der Waals surface area contributed by atoms with Crippen molar-refractivity contribution < 1.29 is 18.8 Å². The van der Waals surface area contributed by atoms with E-state index >= 15 is 0 Å². The molecule has 6 heteroatoms. The Morgan fingerprint density at radius 2 is 1.58 bits per heavy atom. The summed E-state index contributed by atoms with van der Waals surface area (Å²) in [7, 11) is 2.09. The van der Waals surface area contributed by atoms with Gasteiger partial charge < -0.3 is 14.6 Å². The van der Waals surface area contributed by atoms with Crippen molar-refractivity contribution in [2.75, 3.05) is 6.61 Å². The molecule has 2 aromatic carbocycles. The van der Waals surface area contributed by atoms with Crippen molar-refractivity contribution in [3.63, 3.8) is 0 Å². The summed E-state index contributed by atoms with van der Waals surface area (Å²) in [5.41, 5.74) is 1.94. The molecule has 0 heterocycles. The molecule has 2 aromatic rings. The van der Waals surface area contributed by atoms with E-state index in [0.717, 1.165) is 11.1 Å². The minimum atomic E-state index is -0.829. The number of carbonyl (C=O) groups excluding carboxylic acids is 2. The summed E-state index contributed by atoms with van der Waals surface area (Å²) in [5, 5.41) is 2.57. The second kappa shape index (κ2) is 8.93. The monoisotopic (exact) mass is 373 g/mol. The van der Waals surface area contributed by atoms with Gasteiger partial charge in [-0.2, -0.15) is 0 Å². The highest BCUT2D eigenvalue weighted by atomic mass is 31.0. The van der Waals surface area contributed by atoms with Crippen LogP contribution >= 0.6 is 9.47 Å². The second-order valence-electron chi connectivity index (χ2n) is 6.84. The van der Waals surface area contributed by atoms with Gasteiger partial charge in [0.15, 0.2) is 5.78 Å². The van der Waals surface area contributed by atoms with Gasteiger partial charge in [-0.1, -0.05) is 54.6 Å². The van der Waals surface area contributed by atoms with Crippen LogP contribution in [0.2, 0.25) is 0 Å². The smallest absolute Gasteiger partial charge is 0.408 e. The Labute approximate surface area is 156 Å². The highest BCUT2D eigenvalue weighted by Gasteiger charge is 2.25. The Morgan fingerprint density at radius 3 is 2.12 bits per heavy atom. The SMILES string of the molecule is CC(C)(C)OC(=O)N[C@@H](COP)C(=O)c1ccc(-c2ccccc2)cc1. The third-order valence-corrected chi connectivity index (χ3v) is 3.74. The number of ether oxygens (including phenoxy) is 1. The van der Waals surface area contributed by atoms with Gasteiger partial charge in [0.1, 0.15) is 11.6 Å². The van der Waals surface area contributed by atoms with Gasteiger partial charge in [0.05, 0.1) is 6.61 Å². The molecule has 0 radical (unpaired) electrons. The molecule has 1 N–H and O–H groups in total. The first-order chi connectivity index (χ1) is 12.3. The van der Waals surface area contributed by atoms with Gasteiger partial charge in [0.25, 0.3) is 0 Å². The van der Waals surface area contributed by atoms with Gasteiger partial charge in [-0.25, -0.2) is 4.79 Å². The second-order valence-corrected chi connectivity index (χ2v) is 7.17. The lowest BCUT2D eigenvalue weighted by molar-refractivity contribution is 0.0476. The van der Waals surface area contributed by atoms with E-state index in [4.69, 9.17) is 9.26 Å². The minimum Gasteiger partial charge on any atom is -0.444 e. The third-order valence-electron chi connectivity index (χ3n) is 3.55. The molecule has 0 saturated heterocycles. The number of carbonyl (C=O) groups is 2. The zero-order chi connectivity index (χ0) is 19.2. The number of Topliss-reactive ketones (excluding diaryl/α,β-unsaturated/α-hetero) is 1. The Hall–Kier alpha value is -2.23. The zero-order valence-electron chi connectivity index (χ0n) is 15.2. The largest absolute Gasteiger partial charge is 0.444 e. The summed E-state index contributed by atoms with van der Waals surface area (Å²) in [6, 6.07) is 16.3. The van der Waals surface area contributed by atoms with Crippen LogP contribution in [-0.2, 0) is 9.26 Å². The number of ketones is 1. The molecule has 1 unspecified atom stereocenters. The Balaban J connectivity index is 2.12. The summed E-state index contributed by atoms with van der Waals surface area (Å²) in [6.45, 7) is 5.32. The van der Waals surface area contributed by atoms with Gasteiger partial charge >= 0.3 is 6.09 Å². The van der Waals surface area contributed by atoms with Crippen molar-refractivity contribution in [2.24, 2.45) is 0 Å². The van der Waals surface area contributed by atoms with Crippen LogP contribution in [0.15, 0.2) is 54.6 Å². The van der Waals surface area contributed by atoms with E-state index in [1.165, 1.54) is 0 Å². The van der Waals surface area contributed by atoms with E-state index in [-0.39, 0.29) is 12.4 Å². The third kappa shape index (κ3) is 5.94. The molecule has 0 fully saturated rings. The van der Waals surface area contributed by atoms with Gasteiger partial charge in [-0.05, 0) is 31.9 Å². The fraction of sp³-hybridized carbons (Fsp3) is 0.300. The fourth-order valence-corrected chi connectivity index (χ4v) is 2.58. The van der Waals surface area contributed by atoms with Crippen molar-refractivity contribution in [1.29, 1.82) is 0 Å². The van der Waals surface area contributed by atoms with Gasteiger partial charge in [-0.15, -0.1) is 0 Å². The van der Waals surface area contributed by atoms with Crippen molar-refractivity contribution in [3.05, 3.63) is 60.2 Å². The van der Waals surface area contributed by atoms with Crippen LogP contribution in [0.5, 0.6) is 0 Å². The first kappa shape index (κ1) is 20.1. The molecule has 0 aliphatic heterocycles. The summed E-state index contributed by atoms with van der Waals surface area (Å²) < 4.78 is 10.2. The number of hydrogen-bond donors (Lipinski definition) is 1. The first-order valence-electron chi connectivity index (χ1n) is 8.31. The van der Waals surface area contributed by atoms with E-state index in [9.17, 15) is 9.59 Å². The molecule has 0 aliphatic rings. The lowest BCUT2D eigenvalue weighted by Gasteiger charge is -2.22. The molecule has 0 spiro atoms. The molecule has 138 valence electrons. The van der Waals surface area contributed by atoms with Crippen LogP contribution in [0.3, 0.4) is 0 Å². The van der Waals surface area contributed by atoms with Crippen LogP contribution in [0.25, 0.3) is 11.1 Å². The summed E-state index contributed by atoms with van der Waals surface area (Å²) in [5.74, 6) is -0.238. The van der Waals surface area contributed by atoms with Crippen LogP contribution in [0, 0.1) is 0 Å². The minimum absolute atomic E-state index is 0.0309. The maximum Gasteiger partial charge on any atom is 0.408 e. The standard InChI is InChI=1S/C20H24NO4P/c1-20(2,3)25-19(23)21-17(13-24-26)18(22)16-11-9-15(10-12-16)14-7-5-4-6-8-14/h4-12,17H,13,26H2,1-3H3,(H,21,23)/t17-/m0/s1. The van der Waals surface area contributed by atoms with Crippen molar-refractivity contribution in [1.82, 2.24) is 5.32 Å². The molecular formula is C20H24NO4P. The van der Waals surface area contributed by atoms with E-state index < -0.39 is 17.7 Å². The van der Waals surface area contributed by atoms with Crippen LogP contribution in [0.4, 0.5) is 4.79 Å². The highest BCUT2D eigenvalue weighted by Crippen LogP contribution is 2.20. The molecule has 0 saturated carbocycles. The Kier molecular flexibility index (Phi) is 6.90. The predicted octanol–water partition coefficient (Wildman–Crippen LogP) is 4.24. The molecule has 0 aliphatic carbocycles. The summed E-state index contributed by atoms with van der Waals surface area (Å²) in [4.78, 5) is 24.7. The summed E-state index contributed by atoms with van der Waals surface area (Å²) in [6.07, 6.45) is -0.654. The number of rotatable bonds is 6. The maximum atomic E-state index is 12.7. The number of hydrogen-bond acceptors (Lipinski definition) is 4. The summed E-state index contributed by atoms with van der Waals surface area (Å²) >= 11 is 0. The van der Waals surface area contributed by atoms with Crippen molar-refractivity contribution in [2.45, 2.75) is 32.4 Å². The quantitative estimate of drug-likeness (QED) is 0.608. The Bertz CT molecular complexity index is 739. The molecule has 5 nitrogen and oxygen atoms in total. The van der Waals surface area contributed by atoms with Crippen molar-refractivity contribution in [3.8, 4) is 11.1 Å². The van der Waals surface area contributed by atoms with E-state index in [2.05, 4.69) is 14.8 Å². The molecule has 0 bridgehead atoms. The topological polar surface area (TPSA) is 64.6 Å². The number of benzene rings is 2. The lowest BCUT2D eigenvalue weighted by atomic mass is 10.00. The molecule has 2 rings (SSSR count). The first-order valence-corrected chi connectivity index (χ1v) is 8.78. The normalized spacial score (nSPS) is 12.3. The number of alkyl carbamates (subject to hydrolysis) is 1. The lowest BCUT2D eigenvalue weighted by Crippen LogP contribution is -2.45. The number of nitrogens with one attached hydrogen (secondary N) is 1. The average Bonchev–Trinajstić information content (AvgIpc) is 2.60. The molecule has 1 amide bonds.